The van der Waals surface area contributed by atoms with Gasteiger partial charge in [-0.2, -0.15) is 0 Å². The standard InChI is InChI=1S/C16H14ClFO2/c1-10-7-12(4-6-16(10)20-2)15(19)9-11-3-5-14(18)13(17)8-11/h3-8H,9H2,1-2H3. The first-order valence-corrected chi connectivity index (χ1v) is 6.51. The molecule has 0 unspecified atom stereocenters. The van der Waals surface area contributed by atoms with Crippen LogP contribution < -0.4 is 4.74 Å². The first kappa shape index (κ1) is 14.5. The molecule has 0 aromatic heterocycles. The minimum Gasteiger partial charge on any atom is -0.496 e. The number of Topliss-reactive ketones (excluding diaryl/α,β-unsaturated/α-hetero) is 1. The van der Waals surface area contributed by atoms with Gasteiger partial charge in [-0.05, 0) is 48.4 Å². The van der Waals surface area contributed by atoms with E-state index in [0.29, 0.717) is 11.1 Å². The highest BCUT2D eigenvalue weighted by Gasteiger charge is 2.10. The Morgan fingerprint density at radius 3 is 2.60 bits per heavy atom. The zero-order valence-corrected chi connectivity index (χ0v) is 12.0. The molecule has 2 nitrogen and oxygen atoms in total. The Hall–Kier alpha value is -1.87. The summed E-state index contributed by atoms with van der Waals surface area (Å²) in [4.78, 5) is 12.2. The second kappa shape index (κ2) is 6.06. The van der Waals surface area contributed by atoms with Gasteiger partial charge in [-0.25, -0.2) is 4.39 Å². The van der Waals surface area contributed by atoms with Crippen LogP contribution in [0.15, 0.2) is 36.4 Å². The molecule has 0 radical (unpaired) electrons. The van der Waals surface area contributed by atoms with Gasteiger partial charge in [0, 0.05) is 12.0 Å². The maximum absolute atomic E-state index is 13.1. The van der Waals surface area contributed by atoms with Crippen molar-refractivity contribution in [1.82, 2.24) is 0 Å². The van der Waals surface area contributed by atoms with Gasteiger partial charge in [-0.3, -0.25) is 4.79 Å². The molecular formula is C16H14ClFO2. The molecule has 4 heteroatoms. The maximum atomic E-state index is 13.1. The Kier molecular flexibility index (Phi) is 4.40. The molecular weight excluding hydrogens is 279 g/mol. The van der Waals surface area contributed by atoms with Gasteiger partial charge in [0.2, 0.25) is 0 Å². The molecule has 0 amide bonds. The van der Waals surface area contributed by atoms with E-state index in [1.54, 1.807) is 31.4 Å². The van der Waals surface area contributed by atoms with Crippen molar-refractivity contribution in [2.24, 2.45) is 0 Å². The third kappa shape index (κ3) is 3.17. The van der Waals surface area contributed by atoms with Gasteiger partial charge in [0.1, 0.15) is 11.6 Å². The van der Waals surface area contributed by atoms with Crippen molar-refractivity contribution in [3.05, 3.63) is 63.9 Å². The van der Waals surface area contributed by atoms with Crippen LogP contribution in [0, 0.1) is 12.7 Å². The summed E-state index contributed by atoms with van der Waals surface area (Å²) in [5.41, 5.74) is 2.19. The lowest BCUT2D eigenvalue weighted by Crippen LogP contribution is -2.04. The number of hydrogen-bond donors (Lipinski definition) is 0. The summed E-state index contributed by atoms with van der Waals surface area (Å²) in [6.07, 6.45) is 0.186. The third-order valence-electron chi connectivity index (χ3n) is 3.07. The number of halogens is 2. The number of ketones is 1. The molecule has 0 N–H and O–H groups in total. The smallest absolute Gasteiger partial charge is 0.167 e. The van der Waals surface area contributed by atoms with Crippen molar-refractivity contribution >= 4 is 17.4 Å². The van der Waals surface area contributed by atoms with Gasteiger partial charge < -0.3 is 4.74 Å². The highest BCUT2D eigenvalue weighted by molar-refractivity contribution is 6.30. The first-order chi connectivity index (χ1) is 9.51. The average Bonchev–Trinajstić information content (AvgIpc) is 2.42. The predicted molar refractivity (Wildman–Crippen MR) is 77.2 cm³/mol. The molecule has 0 atom stereocenters. The number of carbonyl (C=O) groups is 1. The zero-order valence-electron chi connectivity index (χ0n) is 11.2. The first-order valence-electron chi connectivity index (χ1n) is 6.13. The third-order valence-corrected chi connectivity index (χ3v) is 3.36. The lowest BCUT2D eigenvalue weighted by molar-refractivity contribution is 0.0993. The molecule has 0 fully saturated rings. The van der Waals surface area contributed by atoms with E-state index in [-0.39, 0.29) is 17.2 Å². The molecule has 2 aromatic carbocycles. The van der Waals surface area contributed by atoms with Crippen molar-refractivity contribution in [3.8, 4) is 5.75 Å². The van der Waals surface area contributed by atoms with Crippen LogP contribution in [0.1, 0.15) is 21.5 Å². The largest absolute Gasteiger partial charge is 0.496 e. The number of aryl methyl sites for hydroxylation is 1. The minimum atomic E-state index is -0.483. The van der Waals surface area contributed by atoms with Crippen LogP contribution in [0.4, 0.5) is 4.39 Å². The number of benzene rings is 2. The van der Waals surface area contributed by atoms with E-state index >= 15 is 0 Å². The Morgan fingerprint density at radius 1 is 1.25 bits per heavy atom. The summed E-state index contributed by atoms with van der Waals surface area (Å²) in [7, 11) is 1.59. The van der Waals surface area contributed by atoms with Gasteiger partial charge in [-0.15, -0.1) is 0 Å². The Balaban J connectivity index is 2.19. The molecule has 104 valence electrons. The fourth-order valence-electron chi connectivity index (χ4n) is 1.99. The van der Waals surface area contributed by atoms with E-state index in [2.05, 4.69) is 0 Å². The second-order valence-corrected chi connectivity index (χ2v) is 4.94. The van der Waals surface area contributed by atoms with Crippen LogP contribution >= 0.6 is 11.6 Å². The van der Waals surface area contributed by atoms with Crippen molar-refractivity contribution in [1.29, 1.82) is 0 Å². The van der Waals surface area contributed by atoms with E-state index in [4.69, 9.17) is 16.3 Å². The predicted octanol–water partition coefficient (Wildman–Crippen LogP) is 4.22. The molecule has 2 aromatic rings. The van der Waals surface area contributed by atoms with Crippen LogP contribution in [-0.2, 0) is 6.42 Å². The Morgan fingerprint density at radius 2 is 2.00 bits per heavy atom. The van der Waals surface area contributed by atoms with Crippen molar-refractivity contribution in [2.45, 2.75) is 13.3 Å². The minimum absolute atomic E-state index is 0.0289. The maximum Gasteiger partial charge on any atom is 0.167 e. The highest BCUT2D eigenvalue weighted by atomic mass is 35.5. The molecule has 0 aliphatic carbocycles. The SMILES string of the molecule is COc1ccc(C(=O)Cc2ccc(F)c(Cl)c2)cc1C. The molecule has 0 spiro atoms. The molecule has 0 aliphatic rings. The summed E-state index contributed by atoms with van der Waals surface area (Å²) in [6, 6.07) is 9.58. The van der Waals surface area contributed by atoms with Crippen molar-refractivity contribution in [2.75, 3.05) is 7.11 Å². The van der Waals surface area contributed by atoms with E-state index in [0.717, 1.165) is 11.3 Å². The number of hydrogen-bond acceptors (Lipinski definition) is 2. The van der Waals surface area contributed by atoms with Gasteiger partial charge in [0.25, 0.3) is 0 Å². The molecule has 0 bridgehead atoms. The summed E-state index contributed by atoms with van der Waals surface area (Å²) in [5, 5.41) is 0.0289. The van der Waals surface area contributed by atoms with E-state index in [1.165, 1.54) is 12.1 Å². The molecule has 0 heterocycles. The average molecular weight is 293 g/mol. The van der Waals surface area contributed by atoms with Crippen molar-refractivity contribution in [3.63, 3.8) is 0 Å². The molecule has 0 aliphatic heterocycles. The number of carbonyl (C=O) groups excluding carboxylic acids is 1. The van der Waals surface area contributed by atoms with E-state index in [1.807, 2.05) is 6.92 Å². The molecule has 0 saturated carbocycles. The van der Waals surface area contributed by atoms with Crippen LogP contribution in [0.2, 0.25) is 5.02 Å². The van der Waals surface area contributed by atoms with Gasteiger partial charge in [0.15, 0.2) is 5.78 Å². The van der Waals surface area contributed by atoms with Gasteiger partial charge in [0.05, 0.1) is 12.1 Å². The molecule has 20 heavy (non-hydrogen) atoms. The topological polar surface area (TPSA) is 26.3 Å². The van der Waals surface area contributed by atoms with E-state index < -0.39 is 5.82 Å². The Bertz CT molecular complexity index is 653. The number of methoxy groups -OCH3 is 1. The summed E-state index contributed by atoms with van der Waals surface area (Å²) in [5.74, 6) is 0.216. The van der Waals surface area contributed by atoms with Crippen LogP contribution in [-0.4, -0.2) is 12.9 Å². The lowest BCUT2D eigenvalue weighted by atomic mass is 10.0. The monoisotopic (exact) mass is 292 g/mol. The highest BCUT2D eigenvalue weighted by Crippen LogP contribution is 2.21. The molecule has 0 saturated heterocycles. The second-order valence-electron chi connectivity index (χ2n) is 4.53. The van der Waals surface area contributed by atoms with Crippen molar-refractivity contribution < 1.29 is 13.9 Å². The van der Waals surface area contributed by atoms with Gasteiger partial charge >= 0.3 is 0 Å². The van der Waals surface area contributed by atoms with Crippen LogP contribution in [0.5, 0.6) is 5.75 Å². The van der Waals surface area contributed by atoms with E-state index in [9.17, 15) is 9.18 Å². The molecule has 2 rings (SSSR count). The Labute approximate surface area is 122 Å². The normalized spacial score (nSPS) is 10.4. The lowest BCUT2D eigenvalue weighted by Gasteiger charge is -2.07. The number of ether oxygens (including phenoxy) is 1. The fraction of sp³-hybridized carbons (Fsp3) is 0.188. The summed E-state index contributed by atoms with van der Waals surface area (Å²) >= 11 is 5.71. The summed E-state index contributed by atoms with van der Waals surface area (Å²) < 4.78 is 18.2. The van der Waals surface area contributed by atoms with Crippen LogP contribution in [0.25, 0.3) is 0 Å². The van der Waals surface area contributed by atoms with Gasteiger partial charge in [-0.1, -0.05) is 17.7 Å². The number of rotatable bonds is 4. The fourth-order valence-corrected chi connectivity index (χ4v) is 2.19. The quantitative estimate of drug-likeness (QED) is 0.789. The van der Waals surface area contributed by atoms with Crippen LogP contribution in [0.3, 0.4) is 0 Å². The zero-order chi connectivity index (χ0) is 14.7. The summed E-state index contributed by atoms with van der Waals surface area (Å²) in [6.45, 7) is 1.88.